The van der Waals surface area contributed by atoms with Crippen molar-refractivity contribution >= 4 is 23.4 Å². The Balaban J connectivity index is 2.23. The maximum Gasteiger partial charge on any atom is 0.251 e. The minimum absolute atomic E-state index is 0.0249. The number of carbonyl (C=O) groups is 2. The predicted molar refractivity (Wildman–Crippen MR) is 85.5 cm³/mol. The normalized spacial score (nSPS) is 12.0. The molecule has 0 aliphatic rings. The average Bonchev–Trinajstić information content (AvgIpc) is 2.44. The highest BCUT2D eigenvalue weighted by atomic mass is 35.5. The van der Waals surface area contributed by atoms with E-state index in [4.69, 9.17) is 11.6 Å². The molecule has 21 heavy (non-hydrogen) atoms. The van der Waals surface area contributed by atoms with E-state index in [2.05, 4.69) is 24.5 Å². The van der Waals surface area contributed by atoms with Gasteiger partial charge in [0.2, 0.25) is 5.91 Å². The molecule has 5 heteroatoms. The highest BCUT2D eigenvalue weighted by molar-refractivity contribution is 6.30. The third kappa shape index (κ3) is 6.63. The second kappa shape index (κ2) is 8.67. The van der Waals surface area contributed by atoms with E-state index in [1.807, 2.05) is 6.92 Å². The van der Waals surface area contributed by atoms with Crippen LogP contribution in [0.2, 0.25) is 5.02 Å². The molecule has 0 heterocycles. The maximum absolute atomic E-state index is 11.8. The van der Waals surface area contributed by atoms with Crippen LogP contribution in [0.3, 0.4) is 0 Å². The van der Waals surface area contributed by atoms with Crippen molar-refractivity contribution in [2.45, 2.75) is 39.7 Å². The van der Waals surface area contributed by atoms with Gasteiger partial charge in [-0.1, -0.05) is 25.4 Å². The summed E-state index contributed by atoms with van der Waals surface area (Å²) in [7, 11) is 0. The number of nitrogens with one attached hydrogen (secondary N) is 2. The van der Waals surface area contributed by atoms with Gasteiger partial charge in [0.1, 0.15) is 0 Å². The number of rotatable bonds is 7. The van der Waals surface area contributed by atoms with Crippen LogP contribution >= 0.6 is 11.6 Å². The third-order valence-corrected chi connectivity index (χ3v) is 3.61. The highest BCUT2D eigenvalue weighted by Crippen LogP contribution is 2.09. The van der Waals surface area contributed by atoms with E-state index in [1.54, 1.807) is 24.3 Å². The van der Waals surface area contributed by atoms with Crippen LogP contribution in [-0.2, 0) is 4.79 Å². The van der Waals surface area contributed by atoms with Crippen LogP contribution in [-0.4, -0.2) is 24.4 Å². The quantitative estimate of drug-likeness (QED) is 0.761. The molecule has 0 bridgehead atoms. The third-order valence-electron chi connectivity index (χ3n) is 3.36. The molecule has 4 nitrogen and oxygen atoms in total. The lowest BCUT2D eigenvalue weighted by Crippen LogP contribution is -2.36. The van der Waals surface area contributed by atoms with E-state index in [0.29, 0.717) is 35.9 Å². The molecular weight excluding hydrogens is 288 g/mol. The van der Waals surface area contributed by atoms with E-state index >= 15 is 0 Å². The van der Waals surface area contributed by atoms with Crippen LogP contribution in [0.1, 0.15) is 44.0 Å². The zero-order valence-electron chi connectivity index (χ0n) is 12.8. The summed E-state index contributed by atoms with van der Waals surface area (Å²) in [5.74, 6) is 0.290. The average molecular weight is 311 g/mol. The maximum atomic E-state index is 11.8. The van der Waals surface area contributed by atoms with Crippen molar-refractivity contribution in [1.82, 2.24) is 10.6 Å². The largest absolute Gasteiger partial charge is 0.353 e. The number of hydrogen-bond donors (Lipinski definition) is 2. The van der Waals surface area contributed by atoms with Crippen molar-refractivity contribution in [2.75, 3.05) is 6.54 Å². The van der Waals surface area contributed by atoms with Crippen molar-refractivity contribution in [3.8, 4) is 0 Å². The standard InChI is InChI=1S/C16H23ClN2O2/c1-11(2)12(3)19-15(20)5-4-10-18-16(21)13-6-8-14(17)9-7-13/h6-9,11-12H,4-5,10H2,1-3H3,(H,18,21)(H,19,20). The fourth-order valence-corrected chi connectivity index (χ4v) is 1.77. The molecule has 0 saturated heterocycles. The smallest absolute Gasteiger partial charge is 0.251 e. The van der Waals surface area contributed by atoms with Crippen LogP contribution in [0, 0.1) is 5.92 Å². The van der Waals surface area contributed by atoms with E-state index in [9.17, 15) is 9.59 Å². The van der Waals surface area contributed by atoms with Crippen LogP contribution in [0.5, 0.6) is 0 Å². The summed E-state index contributed by atoms with van der Waals surface area (Å²) >= 11 is 5.77. The van der Waals surface area contributed by atoms with Crippen molar-refractivity contribution in [3.63, 3.8) is 0 Å². The lowest BCUT2D eigenvalue weighted by Gasteiger charge is -2.17. The molecule has 1 rings (SSSR count). The van der Waals surface area contributed by atoms with E-state index < -0.39 is 0 Å². The van der Waals surface area contributed by atoms with Crippen LogP contribution in [0.15, 0.2) is 24.3 Å². The zero-order valence-corrected chi connectivity index (χ0v) is 13.5. The van der Waals surface area contributed by atoms with Gasteiger partial charge >= 0.3 is 0 Å². The van der Waals surface area contributed by atoms with Crippen molar-refractivity contribution in [3.05, 3.63) is 34.9 Å². The van der Waals surface area contributed by atoms with Gasteiger partial charge in [-0.05, 0) is 43.5 Å². The topological polar surface area (TPSA) is 58.2 Å². The number of benzene rings is 1. The van der Waals surface area contributed by atoms with E-state index in [1.165, 1.54) is 0 Å². The highest BCUT2D eigenvalue weighted by Gasteiger charge is 2.10. The molecular formula is C16H23ClN2O2. The molecule has 0 saturated carbocycles. The van der Waals surface area contributed by atoms with E-state index in [0.717, 1.165) is 0 Å². The monoisotopic (exact) mass is 310 g/mol. The molecule has 1 unspecified atom stereocenters. The first-order valence-electron chi connectivity index (χ1n) is 7.23. The molecule has 0 radical (unpaired) electrons. The zero-order chi connectivity index (χ0) is 15.8. The Labute approximate surface area is 131 Å². The van der Waals surface area contributed by atoms with Gasteiger partial charge in [0.05, 0.1) is 0 Å². The number of hydrogen-bond acceptors (Lipinski definition) is 2. The predicted octanol–water partition coefficient (Wildman–Crippen LogP) is 3.01. The first kappa shape index (κ1) is 17.5. The Bertz CT molecular complexity index is 472. The lowest BCUT2D eigenvalue weighted by atomic mass is 10.1. The summed E-state index contributed by atoms with van der Waals surface area (Å²) in [6, 6.07) is 6.87. The Morgan fingerprint density at radius 1 is 1.14 bits per heavy atom. The fraction of sp³-hybridized carbons (Fsp3) is 0.500. The first-order valence-corrected chi connectivity index (χ1v) is 7.61. The van der Waals surface area contributed by atoms with Gasteiger partial charge in [-0.15, -0.1) is 0 Å². The number of amides is 2. The van der Waals surface area contributed by atoms with Crippen molar-refractivity contribution in [2.24, 2.45) is 5.92 Å². The molecule has 1 aromatic carbocycles. The SMILES string of the molecule is CC(C)C(C)NC(=O)CCCNC(=O)c1ccc(Cl)cc1. The van der Waals surface area contributed by atoms with Crippen molar-refractivity contribution < 1.29 is 9.59 Å². The van der Waals surface area contributed by atoms with Crippen LogP contribution < -0.4 is 10.6 Å². The second-order valence-corrected chi connectivity index (χ2v) is 5.90. The summed E-state index contributed by atoms with van der Waals surface area (Å²) < 4.78 is 0. The number of carbonyl (C=O) groups excluding carboxylic acids is 2. The van der Waals surface area contributed by atoms with Gasteiger partial charge < -0.3 is 10.6 Å². The minimum Gasteiger partial charge on any atom is -0.353 e. The van der Waals surface area contributed by atoms with Gasteiger partial charge in [0.15, 0.2) is 0 Å². The molecule has 2 N–H and O–H groups in total. The number of halogens is 1. The van der Waals surface area contributed by atoms with Gasteiger partial charge in [-0.25, -0.2) is 0 Å². The minimum atomic E-state index is -0.150. The summed E-state index contributed by atoms with van der Waals surface area (Å²) in [4.78, 5) is 23.5. The molecule has 0 fully saturated rings. The summed E-state index contributed by atoms with van der Waals surface area (Å²) in [5, 5.41) is 6.33. The van der Waals surface area contributed by atoms with Gasteiger partial charge in [0, 0.05) is 29.6 Å². The summed E-state index contributed by atoms with van der Waals surface area (Å²) in [6.07, 6.45) is 1.04. The first-order chi connectivity index (χ1) is 9.90. The summed E-state index contributed by atoms with van der Waals surface area (Å²) in [5.41, 5.74) is 0.567. The van der Waals surface area contributed by atoms with Gasteiger partial charge in [0.25, 0.3) is 5.91 Å². The molecule has 1 atom stereocenters. The Kier molecular flexibility index (Phi) is 7.23. The van der Waals surface area contributed by atoms with E-state index in [-0.39, 0.29) is 17.9 Å². The molecule has 0 aliphatic heterocycles. The molecule has 116 valence electrons. The Morgan fingerprint density at radius 2 is 1.76 bits per heavy atom. The molecule has 0 aromatic heterocycles. The van der Waals surface area contributed by atoms with Crippen LogP contribution in [0.4, 0.5) is 0 Å². The Hall–Kier alpha value is -1.55. The lowest BCUT2D eigenvalue weighted by molar-refractivity contribution is -0.122. The van der Waals surface area contributed by atoms with Gasteiger partial charge in [-0.2, -0.15) is 0 Å². The fourth-order valence-electron chi connectivity index (χ4n) is 1.65. The molecule has 1 aromatic rings. The Morgan fingerprint density at radius 3 is 2.33 bits per heavy atom. The van der Waals surface area contributed by atoms with Crippen LogP contribution in [0.25, 0.3) is 0 Å². The molecule has 0 spiro atoms. The molecule has 0 aliphatic carbocycles. The second-order valence-electron chi connectivity index (χ2n) is 5.47. The van der Waals surface area contributed by atoms with Gasteiger partial charge in [-0.3, -0.25) is 9.59 Å². The summed E-state index contributed by atoms with van der Waals surface area (Å²) in [6.45, 7) is 6.60. The van der Waals surface area contributed by atoms with Crippen molar-refractivity contribution in [1.29, 1.82) is 0 Å². The molecule has 2 amide bonds.